The van der Waals surface area contributed by atoms with E-state index in [-0.39, 0.29) is 5.56 Å². The van der Waals surface area contributed by atoms with Crippen molar-refractivity contribution in [3.63, 3.8) is 0 Å². The summed E-state index contributed by atoms with van der Waals surface area (Å²) >= 11 is 0. The largest absolute Gasteiger partial charge is 0.385 e. The van der Waals surface area contributed by atoms with E-state index < -0.39 is 11.7 Å². The lowest BCUT2D eigenvalue weighted by Crippen LogP contribution is -2.31. The van der Waals surface area contributed by atoms with E-state index in [0.717, 1.165) is 38.2 Å². The molecule has 1 aliphatic heterocycles. The second-order valence-corrected chi connectivity index (χ2v) is 4.63. The first-order valence-electron chi connectivity index (χ1n) is 6.21. The molecule has 1 aliphatic rings. The van der Waals surface area contributed by atoms with Gasteiger partial charge < -0.3 is 16.4 Å². The number of piperidine rings is 1. The standard InChI is InChI=1S/C13H18FN3O/c14-12-2-1-10(7-11(12)13(15)18)17-8-9-3-5-16-6-4-9/h1-2,7,9,16-17H,3-6,8H2,(H2,15,18). The normalized spacial score (nSPS) is 16.5. The smallest absolute Gasteiger partial charge is 0.251 e. The van der Waals surface area contributed by atoms with Crippen molar-refractivity contribution >= 4 is 11.6 Å². The van der Waals surface area contributed by atoms with E-state index in [4.69, 9.17) is 5.73 Å². The lowest BCUT2D eigenvalue weighted by molar-refractivity contribution is 0.0996. The van der Waals surface area contributed by atoms with Gasteiger partial charge in [0.2, 0.25) is 0 Å². The van der Waals surface area contributed by atoms with Crippen LogP contribution < -0.4 is 16.4 Å². The predicted molar refractivity (Wildman–Crippen MR) is 69.0 cm³/mol. The molecule has 1 amide bonds. The predicted octanol–water partition coefficient (Wildman–Crippen LogP) is 1.34. The third-order valence-corrected chi connectivity index (χ3v) is 3.29. The van der Waals surface area contributed by atoms with Crippen LogP contribution in [0, 0.1) is 11.7 Å². The maximum Gasteiger partial charge on any atom is 0.251 e. The van der Waals surface area contributed by atoms with Crippen LogP contribution >= 0.6 is 0 Å². The Kier molecular flexibility index (Phi) is 4.15. The zero-order valence-electron chi connectivity index (χ0n) is 10.2. The Labute approximate surface area is 106 Å². The fourth-order valence-corrected chi connectivity index (χ4v) is 2.17. The third kappa shape index (κ3) is 3.20. The molecule has 4 nitrogen and oxygen atoms in total. The van der Waals surface area contributed by atoms with Crippen molar-refractivity contribution in [2.24, 2.45) is 11.7 Å². The average molecular weight is 251 g/mol. The fourth-order valence-electron chi connectivity index (χ4n) is 2.17. The van der Waals surface area contributed by atoms with Crippen LogP contribution in [0.25, 0.3) is 0 Å². The molecular formula is C13H18FN3O. The number of anilines is 1. The Bertz CT molecular complexity index is 430. The minimum absolute atomic E-state index is 0.0645. The number of benzene rings is 1. The van der Waals surface area contributed by atoms with Crippen molar-refractivity contribution in [1.29, 1.82) is 0 Å². The van der Waals surface area contributed by atoms with E-state index in [1.807, 2.05) is 0 Å². The molecule has 18 heavy (non-hydrogen) atoms. The Morgan fingerprint density at radius 3 is 2.83 bits per heavy atom. The van der Waals surface area contributed by atoms with Gasteiger partial charge in [-0.15, -0.1) is 0 Å². The average Bonchev–Trinajstić information content (AvgIpc) is 2.38. The number of primary amides is 1. The molecule has 0 spiro atoms. The molecule has 1 aromatic carbocycles. The van der Waals surface area contributed by atoms with Crippen LogP contribution in [0.4, 0.5) is 10.1 Å². The van der Waals surface area contributed by atoms with Gasteiger partial charge in [-0.2, -0.15) is 0 Å². The lowest BCUT2D eigenvalue weighted by atomic mass is 9.98. The molecule has 1 aromatic rings. The second kappa shape index (κ2) is 5.82. The summed E-state index contributed by atoms with van der Waals surface area (Å²) in [5.41, 5.74) is 5.78. The Hall–Kier alpha value is -1.62. The highest BCUT2D eigenvalue weighted by atomic mass is 19.1. The summed E-state index contributed by atoms with van der Waals surface area (Å²) in [6.07, 6.45) is 2.27. The number of nitrogens with two attached hydrogens (primary N) is 1. The Morgan fingerprint density at radius 2 is 2.17 bits per heavy atom. The molecule has 1 saturated heterocycles. The number of carbonyl (C=O) groups excluding carboxylic acids is 1. The fraction of sp³-hybridized carbons (Fsp3) is 0.462. The van der Waals surface area contributed by atoms with E-state index >= 15 is 0 Å². The van der Waals surface area contributed by atoms with Gasteiger partial charge in [0.1, 0.15) is 5.82 Å². The maximum absolute atomic E-state index is 13.3. The first-order chi connectivity index (χ1) is 8.66. The number of nitrogens with one attached hydrogen (secondary N) is 2. The molecule has 0 aliphatic carbocycles. The van der Waals surface area contributed by atoms with Crippen LogP contribution in [-0.2, 0) is 0 Å². The van der Waals surface area contributed by atoms with Crippen LogP contribution in [-0.4, -0.2) is 25.5 Å². The topological polar surface area (TPSA) is 67.2 Å². The summed E-state index contributed by atoms with van der Waals surface area (Å²) in [6.45, 7) is 2.93. The summed E-state index contributed by atoms with van der Waals surface area (Å²) in [5, 5.41) is 6.54. The van der Waals surface area contributed by atoms with Gasteiger partial charge >= 0.3 is 0 Å². The number of rotatable bonds is 4. The highest BCUT2D eigenvalue weighted by molar-refractivity contribution is 5.94. The first kappa shape index (κ1) is 12.8. The summed E-state index contributed by atoms with van der Waals surface area (Å²) in [7, 11) is 0. The molecule has 0 unspecified atom stereocenters. The van der Waals surface area contributed by atoms with Gasteiger partial charge in [-0.05, 0) is 50.0 Å². The van der Waals surface area contributed by atoms with E-state index in [0.29, 0.717) is 5.92 Å². The zero-order valence-corrected chi connectivity index (χ0v) is 10.2. The summed E-state index contributed by atoms with van der Waals surface area (Å²) in [5.74, 6) is -0.693. The van der Waals surface area contributed by atoms with Crippen LogP contribution in [0.1, 0.15) is 23.2 Å². The zero-order chi connectivity index (χ0) is 13.0. The van der Waals surface area contributed by atoms with Crippen LogP contribution in [0.15, 0.2) is 18.2 Å². The molecule has 0 bridgehead atoms. The number of halogens is 1. The molecule has 98 valence electrons. The maximum atomic E-state index is 13.3. The molecule has 0 atom stereocenters. The van der Waals surface area contributed by atoms with Crippen molar-refractivity contribution in [2.75, 3.05) is 25.0 Å². The molecule has 0 saturated carbocycles. The van der Waals surface area contributed by atoms with Gasteiger partial charge in [0.25, 0.3) is 5.91 Å². The number of hydrogen-bond donors (Lipinski definition) is 3. The van der Waals surface area contributed by atoms with E-state index in [1.165, 1.54) is 12.1 Å². The Balaban J connectivity index is 1.96. The van der Waals surface area contributed by atoms with Crippen LogP contribution in [0.3, 0.4) is 0 Å². The molecule has 0 radical (unpaired) electrons. The van der Waals surface area contributed by atoms with E-state index in [2.05, 4.69) is 10.6 Å². The number of amides is 1. The molecule has 2 rings (SSSR count). The molecular weight excluding hydrogens is 233 g/mol. The van der Waals surface area contributed by atoms with Gasteiger partial charge in [0.05, 0.1) is 5.56 Å². The molecule has 1 heterocycles. The lowest BCUT2D eigenvalue weighted by Gasteiger charge is -2.23. The summed E-state index contributed by atoms with van der Waals surface area (Å²) < 4.78 is 13.3. The first-order valence-corrected chi connectivity index (χ1v) is 6.21. The third-order valence-electron chi connectivity index (χ3n) is 3.29. The van der Waals surface area contributed by atoms with Crippen molar-refractivity contribution < 1.29 is 9.18 Å². The van der Waals surface area contributed by atoms with Gasteiger partial charge in [-0.3, -0.25) is 4.79 Å². The van der Waals surface area contributed by atoms with Crippen LogP contribution in [0.5, 0.6) is 0 Å². The van der Waals surface area contributed by atoms with Gasteiger partial charge in [-0.25, -0.2) is 4.39 Å². The Morgan fingerprint density at radius 1 is 1.44 bits per heavy atom. The molecule has 0 aromatic heterocycles. The monoisotopic (exact) mass is 251 g/mol. The van der Waals surface area contributed by atoms with Crippen molar-refractivity contribution in [2.45, 2.75) is 12.8 Å². The summed E-state index contributed by atoms with van der Waals surface area (Å²) in [4.78, 5) is 11.0. The minimum atomic E-state index is -0.738. The SMILES string of the molecule is NC(=O)c1cc(NCC2CCNCC2)ccc1F. The second-order valence-electron chi connectivity index (χ2n) is 4.63. The number of hydrogen-bond acceptors (Lipinski definition) is 3. The van der Waals surface area contributed by atoms with Crippen LogP contribution in [0.2, 0.25) is 0 Å². The highest BCUT2D eigenvalue weighted by Crippen LogP contribution is 2.17. The highest BCUT2D eigenvalue weighted by Gasteiger charge is 2.13. The van der Waals surface area contributed by atoms with Crippen molar-refractivity contribution in [1.82, 2.24) is 5.32 Å². The molecule has 4 N–H and O–H groups in total. The quantitative estimate of drug-likeness (QED) is 0.756. The van der Waals surface area contributed by atoms with Gasteiger partial charge in [0, 0.05) is 12.2 Å². The summed E-state index contributed by atoms with van der Waals surface area (Å²) in [6, 6.07) is 4.37. The van der Waals surface area contributed by atoms with E-state index in [1.54, 1.807) is 6.07 Å². The molecule has 1 fully saturated rings. The van der Waals surface area contributed by atoms with E-state index in [9.17, 15) is 9.18 Å². The number of carbonyl (C=O) groups is 1. The van der Waals surface area contributed by atoms with Crippen molar-refractivity contribution in [3.05, 3.63) is 29.6 Å². The molecule has 5 heteroatoms. The minimum Gasteiger partial charge on any atom is -0.385 e. The van der Waals surface area contributed by atoms with Gasteiger partial charge in [0.15, 0.2) is 0 Å². The van der Waals surface area contributed by atoms with Crippen molar-refractivity contribution in [3.8, 4) is 0 Å². The van der Waals surface area contributed by atoms with Gasteiger partial charge in [-0.1, -0.05) is 0 Å².